The molecule has 1 aromatic rings. The highest BCUT2D eigenvalue weighted by atomic mass is 14.9. The monoisotopic (exact) mass is 92.1 g/mol. The first-order valence-electron chi connectivity index (χ1n) is 2.27. The lowest BCUT2D eigenvalue weighted by Crippen LogP contribution is -2.11. The molecule has 1 N–H and O–H groups in total. The Bertz CT molecular complexity index is 143. The molecule has 0 spiro atoms. The minimum absolute atomic E-state index is 0.984. The fourth-order valence-electron chi connectivity index (χ4n) is 0.538. The molecule has 1 heterocycles. The van der Waals surface area contributed by atoms with Crippen molar-refractivity contribution in [2.45, 2.75) is 0 Å². The normalized spacial score (nSPS) is 9.14. The van der Waals surface area contributed by atoms with Crippen molar-refractivity contribution >= 4 is 27.0 Å². The summed E-state index contributed by atoms with van der Waals surface area (Å²) in [5, 5.41) is 0. The van der Waals surface area contributed by atoms with Crippen LogP contribution in [0.5, 0.6) is 0 Å². The van der Waals surface area contributed by atoms with Crippen LogP contribution in [0.1, 0.15) is 0 Å². The van der Waals surface area contributed by atoms with E-state index < -0.39 is 0 Å². The van der Waals surface area contributed by atoms with Gasteiger partial charge in [0.05, 0.1) is 5.72 Å². The molecule has 0 amide bonds. The fourth-order valence-corrected chi connectivity index (χ4v) is 0.538. The quantitative estimate of drug-likeness (QED) is 0.338. The summed E-state index contributed by atoms with van der Waals surface area (Å²) in [6.45, 7) is 0. The predicted molar refractivity (Wildman–Crippen MR) is 34.9 cm³/mol. The summed E-state index contributed by atoms with van der Waals surface area (Å²) in [6, 6.07) is 0. The van der Waals surface area contributed by atoms with Crippen LogP contribution in [-0.4, -0.2) is 25.7 Å². The minimum Gasteiger partial charge on any atom is -0.358 e. The van der Waals surface area contributed by atoms with Crippen LogP contribution >= 0.6 is 0 Å². The number of rotatable bonds is 0. The van der Waals surface area contributed by atoms with Crippen molar-refractivity contribution in [1.29, 1.82) is 0 Å². The summed E-state index contributed by atoms with van der Waals surface area (Å²) >= 11 is 0. The van der Waals surface area contributed by atoms with Gasteiger partial charge in [0, 0.05) is 11.8 Å². The molecular formula is C3H6B2N2. The topological polar surface area (TPSA) is 28.7 Å². The van der Waals surface area contributed by atoms with Gasteiger partial charge < -0.3 is 4.98 Å². The Morgan fingerprint density at radius 2 is 2.29 bits per heavy atom. The van der Waals surface area contributed by atoms with Crippen LogP contribution in [0.4, 0.5) is 0 Å². The Morgan fingerprint density at radius 1 is 1.57 bits per heavy atom. The first-order valence-corrected chi connectivity index (χ1v) is 2.27. The highest BCUT2D eigenvalue weighted by Crippen LogP contribution is 1.55. The zero-order valence-electron chi connectivity index (χ0n) is 4.52. The lowest BCUT2D eigenvalue weighted by molar-refractivity contribution is 1.41. The molecule has 0 saturated carbocycles. The molecule has 0 aliphatic rings. The number of nitrogens with zero attached hydrogens (tertiary/aromatic N) is 1. The summed E-state index contributed by atoms with van der Waals surface area (Å²) in [7, 11) is 3.90. The van der Waals surface area contributed by atoms with E-state index in [1.165, 1.54) is 0 Å². The average Bonchev–Trinajstić information content (AvgIpc) is 1.87. The largest absolute Gasteiger partial charge is 0.358 e. The third-order valence-electron chi connectivity index (χ3n) is 0.834. The number of H-pyrrole nitrogens is 1. The molecule has 1 aromatic heterocycles. The summed E-state index contributed by atoms with van der Waals surface area (Å²) in [6.07, 6.45) is 1.88. The Hall–Kier alpha value is -0.660. The van der Waals surface area contributed by atoms with Crippen LogP contribution in [0.3, 0.4) is 0 Å². The van der Waals surface area contributed by atoms with Crippen molar-refractivity contribution < 1.29 is 0 Å². The molecule has 0 atom stereocenters. The zero-order chi connectivity index (χ0) is 5.28. The average molecular weight is 91.7 g/mol. The number of hydrogen-bond acceptors (Lipinski definition) is 1. The van der Waals surface area contributed by atoms with Gasteiger partial charge >= 0.3 is 0 Å². The second kappa shape index (κ2) is 1.45. The molecule has 4 heteroatoms. The van der Waals surface area contributed by atoms with E-state index in [-0.39, 0.29) is 0 Å². The molecular weight excluding hydrogens is 85.7 g/mol. The molecule has 0 fully saturated rings. The van der Waals surface area contributed by atoms with Crippen LogP contribution in [0.2, 0.25) is 0 Å². The van der Waals surface area contributed by atoms with Gasteiger partial charge in [-0.15, -0.1) is 0 Å². The molecule has 0 saturated heterocycles. The first-order chi connectivity index (χ1) is 3.29. The molecule has 0 bridgehead atoms. The van der Waals surface area contributed by atoms with Crippen LogP contribution in [0.15, 0.2) is 6.20 Å². The zero-order valence-corrected chi connectivity index (χ0v) is 4.52. The summed E-state index contributed by atoms with van der Waals surface area (Å²) in [4.78, 5) is 7.01. The van der Waals surface area contributed by atoms with Gasteiger partial charge in [-0.3, -0.25) is 4.98 Å². The van der Waals surface area contributed by atoms with E-state index in [9.17, 15) is 0 Å². The first kappa shape index (κ1) is 4.50. The number of imidazole rings is 1. The van der Waals surface area contributed by atoms with Gasteiger partial charge in [0.15, 0.2) is 15.7 Å². The van der Waals surface area contributed by atoms with Gasteiger partial charge in [0.1, 0.15) is 0 Å². The Balaban J connectivity index is 3.04. The Kier molecular flexibility index (Phi) is 0.929. The predicted octanol–water partition coefficient (Wildman–Crippen LogP) is -3.07. The molecule has 0 unspecified atom stereocenters. The molecule has 0 aliphatic carbocycles. The van der Waals surface area contributed by atoms with Gasteiger partial charge in [-0.2, -0.15) is 0 Å². The summed E-state index contributed by atoms with van der Waals surface area (Å²) in [5.74, 6) is 0. The van der Waals surface area contributed by atoms with Crippen molar-refractivity contribution in [3.8, 4) is 0 Å². The van der Waals surface area contributed by atoms with Crippen molar-refractivity contribution in [2.24, 2.45) is 0 Å². The molecule has 0 radical (unpaired) electrons. The second-order valence-electron chi connectivity index (χ2n) is 1.63. The highest BCUT2D eigenvalue weighted by Gasteiger charge is 1.84. The summed E-state index contributed by atoms with van der Waals surface area (Å²) in [5.41, 5.74) is 2.04. The van der Waals surface area contributed by atoms with E-state index >= 15 is 0 Å². The van der Waals surface area contributed by atoms with Gasteiger partial charge in [0.25, 0.3) is 0 Å². The maximum absolute atomic E-state index is 4.06. The number of hydrogen-bond donors (Lipinski definition) is 1. The van der Waals surface area contributed by atoms with E-state index in [2.05, 4.69) is 9.97 Å². The van der Waals surface area contributed by atoms with Gasteiger partial charge in [-0.25, -0.2) is 0 Å². The number of aromatic nitrogens is 2. The fraction of sp³-hybridized carbons (Fsp3) is 0. The van der Waals surface area contributed by atoms with E-state index in [0.29, 0.717) is 0 Å². The minimum atomic E-state index is 0.984. The third kappa shape index (κ3) is 0.856. The van der Waals surface area contributed by atoms with Crippen LogP contribution in [-0.2, 0) is 0 Å². The van der Waals surface area contributed by atoms with Crippen molar-refractivity contribution in [3.05, 3.63) is 6.20 Å². The van der Waals surface area contributed by atoms with Crippen LogP contribution in [0, 0.1) is 0 Å². The molecule has 34 valence electrons. The maximum Gasteiger partial charge on any atom is 0.186 e. The number of aromatic amines is 1. The maximum atomic E-state index is 4.06. The lowest BCUT2D eigenvalue weighted by Gasteiger charge is -1.71. The van der Waals surface area contributed by atoms with Gasteiger partial charge in [-0.1, -0.05) is 0 Å². The van der Waals surface area contributed by atoms with Crippen molar-refractivity contribution in [2.75, 3.05) is 0 Å². The lowest BCUT2D eigenvalue weighted by atomic mass is 10.1. The highest BCUT2D eigenvalue weighted by molar-refractivity contribution is 6.34. The van der Waals surface area contributed by atoms with E-state index in [1.54, 1.807) is 0 Å². The third-order valence-corrected chi connectivity index (χ3v) is 0.834. The summed E-state index contributed by atoms with van der Waals surface area (Å²) < 4.78 is 0. The van der Waals surface area contributed by atoms with Crippen molar-refractivity contribution in [3.63, 3.8) is 0 Å². The SMILES string of the molecule is Bc1c[nH]c(B)n1. The standard InChI is InChI=1S/C3H6B2N2/c4-2-1-6-3(5)7-2/h1H,4-5H2,(H,6,7). The van der Waals surface area contributed by atoms with E-state index in [0.717, 1.165) is 11.3 Å². The van der Waals surface area contributed by atoms with E-state index in [4.69, 9.17) is 0 Å². The van der Waals surface area contributed by atoms with Gasteiger partial charge in [-0.05, 0) is 0 Å². The Labute approximate surface area is 44.2 Å². The van der Waals surface area contributed by atoms with Gasteiger partial charge in [0.2, 0.25) is 0 Å². The second-order valence-corrected chi connectivity index (χ2v) is 1.63. The molecule has 0 aliphatic heterocycles. The van der Waals surface area contributed by atoms with Crippen LogP contribution < -0.4 is 11.3 Å². The molecule has 2 nitrogen and oxygen atoms in total. The van der Waals surface area contributed by atoms with E-state index in [1.807, 2.05) is 21.9 Å². The molecule has 0 aromatic carbocycles. The molecule has 7 heavy (non-hydrogen) atoms. The smallest absolute Gasteiger partial charge is 0.186 e. The van der Waals surface area contributed by atoms with Crippen LogP contribution in [0.25, 0.3) is 0 Å². The number of nitrogens with one attached hydrogen (secondary N) is 1. The molecule has 1 rings (SSSR count). The van der Waals surface area contributed by atoms with Crippen molar-refractivity contribution in [1.82, 2.24) is 9.97 Å². The Morgan fingerprint density at radius 3 is 2.43 bits per heavy atom.